The van der Waals surface area contributed by atoms with E-state index in [1.54, 1.807) is 19.1 Å². The van der Waals surface area contributed by atoms with Crippen molar-refractivity contribution in [2.24, 2.45) is 0 Å². The fourth-order valence-electron chi connectivity index (χ4n) is 2.30. The zero-order chi connectivity index (χ0) is 19.7. The summed E-state index contributed by atoms with van der Waals surface area (Å²) in [6.07, 6.45) is 0. The maximum Gasteiger partial charge on any atom is 0.263 e. The minimum atomic E-state index is -3.83. The van der Waals surface area contributed by atoms with E-state index < -0.39 is 20.0 Å². The Bertz CT molecular complexity index is 1160. The summed E-state index contributed by atoms with van der Waals surface area (Å²) in [7, 11) is -7.62. The molecule has 0 atom stereocenters. The van der Waals surface area contributed by atoms with Gasteiger partial charge in [0.2, 0.25) is 5.13 Å². The number of anilines is 2. The van der Waals surface area contributed by atoms with Gasteiger partial charge in [-0.15, -0.1) is 10.2 Å². The summed E-state index contributed by atoms with van der Waals surface area (Å²) in [5.41, 5.74) is 3.10. The van der Waals surface area contributed by atoms with Gasteiger partial charge in [-0.05, 0) is 55.3 Å². The van der Waals surface area contributed by atoms with Crippen molar-refractivity contribution in [3.05, 3.63) is 59.1 Å². The van der Waals surface area contributed by atoms with Crippen LogP contribution in [0.25, 0.3) is 0 Å². The van der Waals surface area contributed by atoms with E-state index in [1.165, 1.54) is 29.8 Å². The molecule has 0 amide bonds. The number of hydrogen-bond donors (Lipinski definition) is 2. The predicted octanol–water partition coefficient (Wildman–Crippen LogP) is 2.76. The van der Waals surface area contributed by atoms with Crippen LogP contribution >= 0.6 is 11.3 Å². The van der Waals surface area contributed by atoms with Gasteiger partial charge in [-0.25, -0.2) is 16.8 Å². The summed E-state index contributed by atoms with van der Waals surface area (Å²) in [5, 5.41) is 7.34. The van der Waals surface area contributed by atoms with Gasteiger partial charge < -0.3 is 0 Å². The third kappa shape index (κ3) is 4.43. The lowest BCUT2D eigenvalue weighted by Crippen LogP contribution is -2.15. The Morgan fingerprint density at radius 2 is 1.59 bits per heavy atom. The topological polar surface area (TPSA) is 118 Å². The molecule has 0 saturated carbocycles. The molecule has 3 rings (SSSR count). The molecule has 3 aromatic rings. The lowest BCUT2D eigenvalue weighted by molar-refractivity contribution is 0.599. The number of aryl methyl sites for hydroxylation is 2. The Hall–Kier alpha value is -2.50. The van der Waals surface area contributed by atoms with Crippen LogP contribution in [0.1, 0.15) is 11.1 Å². The number of hydrogen-bond acceptors (Lipinski definition) is 7. The fourth-order valence-corrected chi connectivity index (χ4v) is 5.38. The Balaban J connectivity index is 1.82. The van der Waals surface area contributed by atoms with E-state index in [0.29, 0.717) is 5.56 Å². The summed E-state index contributed by atoms with van der Waals surface area (Å²) >= 11 is 1.05. The van der Waals surface area contributed by atoms with Crippen molar-refractivity contribution in [3.63, 3.8) is 0 Å². The monoisotopic (exact) mass is 424 g/mol. The third-order valence-corrected chi connectivity index (χ3v) is 7.25. The Labute approximate surface area is 161 Å². The van der Waals surface area contributed by atoms with E-state index >= 15 is 0 Å². The highest BCUT2D eigenvalue weighted by atomic mass is 32.2. The Morgan fingerprint density at radius 1 is 0.889 bits per heavy atom. The largest absolute Gasteiger partial charge is 0.280 e. The highest BCUT2D eigenvalue weighted by molar-refractivity contribution is 7.93. The summed E-state index contributed by atoms with van der Waals surface area (Å²) in [5.74, 6) is 0. The van der Waals surface area contributed by atoms with Gasteiger partial charge in [-0.2, -0.15) is 0 Å². The second-order valence-corrected chi connectivity index (χ2v) is 9.91. The molecule has 11 heteroatoms. The number of sulfonamides is 2. The standard InChI is InChI=1S/C16H16N4O4S3/c1-11-3-4-12(2)15(9-11)27(23,24)19-13-5-7-14(8-6-13)26(21,22)20-16-18-17-10-25-16/h3-10,19H,1-2H3,(H,18,20). The van der Waals surface area contributed by atoms with Crippen LogP contribution in [-0.4, -0.2) is 27.0 Å². The average Bonchev–Trinajstić information content (AvgIpc) is 3.09. The van der Waals surface area contributed by atoms with Crippen LogP contribution in [0.5, 0.6) is 0 Å². The molecule has 0 aliphatic carbocycles. The minimum Gasteiger partial charge on any atom is -0.280 e. The summed E-state index contributed by atoms with van der Waals surface area (Å²) in [6.45, 7) is 3.52. The van der Waals surface area contributed by atoms with E-state index in [4.69, 9.17) is 0 Å². The van der Waals surface area contributed by atoms with Gasteiger partial charge in [0.25, 0.3) is 20.0 Å². The van der Waals surface area contributed by atoms with Crippen molar-refractivity contribution in [1.29, 1.82) is 0 Å². The first-order valence-corrected chi connectivity index (χ1v) is 11.5. The molecule has 2 aromatic carbocycles. The van der Waals surface area contributed by atoms with E-state index in [0.717, 1.165) is 16.9 Å². The molecule has 1 heterocycles. The number of nitrogens with zero attached hydrogens (tertiary/aromatic N) is 2. The zero-order valence-corrected chi connectivity index (χ0v) is 16.8. The zero-order valence-electron chi connectivity index (χ0n) is 14.4. The van der Waals surface area contributed by atoms with Crippen molar-refractivity contribution < 1.29 is 16.8 Å². The van der Waals surface area contributed by atoms with Crippen LogP contribution in [0.4, 0.5) is 10.8 Å². The van der Waals surface area contributed by atoms with Crippen LogP contribution in [0, 0.1) is 13.8 Å². The molecule has 142 valence electrons. The highest BCUT2D eigenvalue weighted by Crippen LogP contribution is 2.23. The number of benzene rings is 2. The molecule has 27 heavy (non-hydrogen) atoms. The van der Waals surface area contributed by atoms with Crippen LogP contribution in [0.2, 0.25) is 0 Å². The molecule has 0 spiro atoms. The summed E-state index contributed by atoms with van der Waals surface area (Å²) in [4.78, 5) is 0.157. The van der Waals surface area contributed by atoms with Crippen LogP contribution in [0.3, 0.4) is 0 Å². The molecule has 0 unspecified atom stereocenters. The predicted molar refractivity (Wildman–Crippen MR) is 104 cm³/mol. The minimum absolute atomic E-state index is 0.0209. The van der Waals surface area contributed by atoms with Gasteiger partial charge in [-0.3, -0.25) is 9.44 Å². The number of nitrogens with one attached hydrogen (secondary N) is 2. The molecule has 0 aliphatic heterocycles. The van der Waals surface area contributed by atoms with Crippen molar-refractivity contribution in [1.82, 2.24) is 10.2 Å². The van der Waals surface area contributed by atoms with Crippen molar-refractivity contribution in [2.45, 2.75) is 23.6 Å². The third-order valence-electron chi connectivity index (χ3n) is 3.63. The van der Waals surface area contributed by atoms with Gasteiger partial charge >= 0.3 is 0 Å². The first-order valence-electron chi connectivity index (χ1n) is 7.66. The molecular weight excluding hydrogens is 408 g/mol. The van der Waals surface area contributed by atoms with Gasteiger partial charge in [0.1, 0.15) is 5.51 Å². The normalized spacial score (nSPS) is 11.9. The van der Waals surface area contributed by atoms with Crippen molar-refractivity contribution >= 4 is 42.2 Å². The Kier molecular flexibility index (Phi) is 5.18. The molecule has 0 saturated heterocycles. The van der Waals surface area contributed by atoms with Gasteiger partial charge in [0.05, 0.1) is 9.79 Å². The second kappa shape index (κ2) is 7.25. The van der Waals surface area contributed by atoms with Crippen molar-refractivity contribution in [3.8, 4) is 0 Å². The Morgan fingerprint density at radius 3 is 2.22 bits per heavy atom. The van der Waals surface area contributed by atoms with Gasteiger partial charge in [0.15, 0.2) is 0 Å². The first-order chi connectivity index (χ1) is 12.7. The lowest BCUT2D eigenvalue weighted by Gasteiger charge is -2.12. The van der Waals surface area contributed by atoms with Gasteiger partial charge in [0, 0.05) is 5.69 Å². The lowest BCUT2D eigenvalue weighted by atomic mass is 10.2. The second-order valence-electron chi connectivity index (χ2n) is 5.75. The van der Waals surface area contributed by atoms with Crippen LogP contribution in [-0.2, 0) is 20.0 Å². The molecule has 2 N–H and O–H groups in total. The maximum atomic E-state index is 12.6. The van der Waals surface area contributed by atoms with Gasteiger partial charge in [-0.1, -0.05) is 23.5 Å². The van der Waals surface area contributed by atoms with Crippen LogP contribution in [0.15, 0.2) is 57.8 Å². The number of rotatable bonds is 6. The van der Waals surface area contributed by atoms with E-state index in [2.05, 4.69) is 19.6 Å². The average molecular weight is 425 g/mol. The molecule has 0 fully saturated rings. The molecule has 0 bridgehead atoms. The molecule has 0 radical (unpaired) electrons. The summed E-state index contributed by atoms with van der Waals surface area (Å²) < 4.78 is 54.6. The quantitative estimate of drug-likeness (QED) is 0.628. The van der Waals surface area contributed by atoms with E-state index in [9.17, 15) is 16.8 Å². The van der Waals surface area contributed by atoms with E-state index in [-0.39, 0.29) is 20.6 Å². The SMILES string of the molecule is Cc1ccc(C)c(S(=O)(=O)Nc2ccc(S(=O)(=O)Nc3nncs3)cc2)c1. The summed E-state index contributed by atoms with van der Waals surface area (Å²) in [6, 6.07) is 10.5. The van der Waals surface area contributed by atoms with E-state index in [1.807, 2.05) is 13.0 Å². The first kappa shape index (κ1) is 19.3. The molecule has 0 aliphatic rings. The smallest absolute Gasteiger partial charge is 0.263 e. The molecular formula is C16H16N4O4S3. The molecule has 1 aromatic heterocycles. The number of aromatic nitrogens is 2. The highest BCUT2D eigenvalue weighted by Gasteiger charge is 2.19. The van der Waals surface area contributed by atoms with Crippen molar-refractivity contribution in [2.75, 3.05) is 9.44 Å². The molecule has 8 nitrogen and oxygen atoms in total. The van der Waals surface area contributed by atoms with Crippen LogP contribution < -0.4 is 9.44 Å². The fraction of sp³-hybridized carbons (Fsp3) is 0.125. The maximum absolute atomic E-state index is 12.6.